The quantitative estimate of drug-likeness (QED) is 0.534. The number of carbonyl (C=O) groups excluding carboxylic acids is 1. The van der Waals surface area contributed by atoms with Gasteiger partial charge in [-0.05, 0) is 62.2 Å². The predicted molar refractivity (Wildman–Crippen MR) is 134 cm³/mol. The van der Waals surface area contributed by atoms with Crippen molar-refractivity contribution in [3.05, 3.63) is 42.5 Å². The summed E-state index contributed by atoms with van der Waals surface area (Å²) in [5.74, 6) is 0.177. The molecule has 0 aromatic heterocycles. The SMILES string of the molecule is COc1ccc(S(=O)(=O)N2CCCCC2)cc1NC(=O)[C@@H](C)Oc1ccc(N(C)S(C)(=O)=O)cc1. The van der Waals surface area contributed by atoms with Crippen LogP contribution in [0.2, 0.25) is 0 Å². The van der Waals surface area contributed by atoms with Crippen molar-refractivity contribution in [1.29, 1.82) is 0 Å². The maximum absolute atomic E-state index is 13.0. The number of amides is 1. The molecule has 1 heterocycles. The normalized spacial score (nSPS) is 15.8. The molecule has 1 aliphatic rings. The van der Waals surface area contributed by atoms with Crippen molar-refractivity contribution in [2.45, 2.75) is 37.2 Å². The number of nitrogens with zero attached hydrogens (tertiary/aromatic N) is 2. The topological polar surface area (TPSA) is 122 Å². The monoisotopic (exact) mass is 525 g/mol. The van der Waals surface area contributed by atoms with E-state index in [-0.39, 0.29) is 10.6 Å². The fourth-order valence-electron chi connectivity index (χ4n) is 3.62. The van der Waals surface area contributed by atoms with Crippen LogP contribution in [0.1, 0.15) is 26.2 Å². The van der Waals surface area contributed by atoms with Gasteiger partial charge in [-0.3, -0.25) is 9.10 Å². The number of benzene rings is 2. The van der Waals surface area contributed by atoms with E-state index >= 15 is 0 Å². The molecule has 0 spiro atoms. The number of nitrogens with one attached hydrogen (secondary N) is 1. The highest BCUT2D eigenvalue weighted by Gasteiger charge is 2.27. The van der Waals surface area contributed by atoms with Crippen molar-refractivity contribution >= 4 is 37.3 Å². The van der Waals surface area contributed by atoms with E-state index in [1.807, 2.05) is 0 Å². The third-order valence-corrected chi connectivity index (χ3v) is 8.86. The molecule has 0 saturated carbocycles. The zero-order valence-electron chi connectivity index (χ0n) is 20.2. The van der Waals surface area contributed by atoms with E-state index in [4.69, 9.17) is 9.47 Å². The molecule has 2 aromatic carbocycles. The summed E-state index contributed by atoms with van der Waals surface area (Å²) in [5.41, 5.74) is 0.671. The molecule has 1 aliphatic heterocycles. The summed E-state index contributed by atoms with van der Waals surface area (Å²) in [6.45, 7) is 2.49. The number of methoxy groups -OCH3 is 1. The van der Waals surface area contributed by atoms with Crippen LogP contribution in [0.3, 0.4) is 0 Å². The minimum atomic E-state index is -3.69. The van der Waals surface area contributed by atoms with Crippen LogP contribution in [0.25, 0.3) is 0 Å². The van der Waals surface area contributed by atoms with E-state index in [0.717, 1.165) is 29.8 Å². The Morgan fingerprint density at radius 2 is 1.66 bits per heavy atom. The molecule has 1 atom stereocenters. The molecule has 1 amide bonds. The van der Waals surface area contributed by atoms with E-state index in [1.165, 1.54) is 36.7 Å². The van der Waals surface area contributed by atoms with Crippen LogP contribution < -0.4 is 19.1 Å². The van der Waals surface area contributed by atoms with Gasteiger partial charge in [0.2, 0.25) is 20.0 Å². The Morgan fingerprint density at radius 1 is 1.03 bits per heavy atom. The number of rotatable bonds is 9. The molecule has 0 radical (unpaired) electrons. The van der Waals surface area contributed by atoms with Crippen molar-refractivity contribution in [2.24, 2.45) is 0 Å². The Bertz CT molecular complexity index is 1260. The summed E-state index contributed by atoms with van der Waals surface area (Å²) in [4.78, 5) is 12.9. The molecule has 1 N–H and O–H groups in total. The molecule has 192 valence electrons. The number of piperidine rings is 1. The smallest absolute Gasteiger partial charge is 0.265 e. The second kappa shape index (κ2) is 10.8. The Labute approximate surface area is 206 Å². The standard InChI is InChI=1S/C23H31N3O7S2/c1-17(33-19-10-8-18(9-11-19)25(2)34(4,28)29)23(27)24-21-16-20(12-13-22(21)32-3)35(30,31)26-14-6-5-7-15-26/h8-13,16-17H,5-7,14-15H2,1-4H3,(H,24,27)/t17-/m1/s1. The van der Waals surface area contributed by atoms with Gasteiger partial charge in [0.1, 0.15) is 11.5 Å². The third-order valence-electron chi connectivity index (χ3n) is 5.76. The molecule has 0 unspecified atom stereocenters. The first-order valence-electron chi connectivity index (χ1n) is 11.1. The maximum Gasteiger partial charge on any atom is 0.265 e. The van der Waals surface area contributed by atoms with Gasteiger partial charge in [-0.25, -0.2) is 16.8 Å². The lowest BCUT2D eigenvalue weighted by atomic mass is 10.2. The molecular weight excluding hydrogens is 494 g/mol. The van der Waals surface area contributed by atoms with Crippen LogP contribution in [-0.2, 0) is 24.8 Å². The van der Waals surface area contributed by atoms with Gasteiger partial charge in [0.15, 0.2) is 6.10 Å². The first-order chi connectivity index (χ1) is 16.4. The number of hydrogen-bond donors (Lipinski definition) is 1. The molecule has 1 fully saturated rings. The molecule has 0 bridgehead atoms. The van der Waals surface area contributed by atoms with Crippen LogP contribution in [0, 0.1) is 0 Å². The van der Waals surface area contributed by atoms with Gasteiger partial charge in [-0.2, -0.15) is 4.31 Å². The molecular formula is C23H31N3O7S2. The van der Waals surface area contributed by atoms with E-state index in [0.29, 0.717) is 30.3 Å². The summed E-state index contributed by atoms with van der Waals surface area (Å²) in [5, 5.41) is 2.69. The molecule has 0 aliphatic carbocycles. The Balaban J connectivity index is 1.73. The van der Waals surface area contributed by atoms with Gasteiger partial charge in [0, 0.05) is 20.1 Å². The van der Waals surface area contributed by atoms with Crippen LogP contribution in [0.4, 0.5) is 11.4 Å². The van der Waals surface area contributed by atoms with Gasteiger partial charge >= 0.3 is 0 Å². The lowest BCUT2D eigenvalue weighted by molar-refractivity contribution is -0.122. The van der Waals surface area contributed by atoms with Gasteiger partial charge in [0.25, 0.3) is 5.91 Å². The Morgan fingerprint density at radius 3 is 2.23 bits per heavy atom. The van der Waals surface area contributed by atoms with Crippen molar-refractivity contribution in [3.63, 3.8) is 0 Å². The average Bonchev–Trinajstić information content (AvgIpc) is 2.84. The number of sulfonamides is 2. The minimum Gasteiger partial charge on any atom is -0.495 e. The second-order valence-electron chi connectivity index (χ2n) is 8.30. The lowest BCUT2D eigenvalue weighted by Gasteiger charge is -2.26. The summed E-state index contributed by atoms with van der Waals surface area (Å²) < 4.78 is 63.0. The van der Waals surface area contributed by atoms with Gasteiger partial charge in [0.05, 0.1) is 29.6 Å². The molecule has 2 aromatic rings. The van der Waals surface area contributed by atoms with Crippen molar-refractivity contribution < 1.29 is 31.1 Å². The maximum atomic E-state index is 13.0. The van der Waals surface area contributed by atoms with Gasteiger partial charge in [-0.1, -0.05) is 6.42 Å². The summed E-state index contributed by atoms with van der Waals surface area (Å²) in [6.07, 6.45) is 2.81. The third kappa shape index (κ3) is 6.44. The summed E-state index contributed by atoms with van der Waals surface area (Å²) in [7, 11) is -4.22. The van der Waals surface area contributed by atoms with Gasteiger partial charge < -0.3 is 14.8 Å². The van der Waals surface area contributed by atoms with Crippen LogP contribution in [0.15, 0.2) is 47.4 Å². The zero-order valence-corrected chi connectivity index (χ0v) is 21.9. The fraction of sp³-hybridized carbons (Fsp3) is 0.435. The second-order valence-corrected chi connectivity index (χ2v) is 12.3. The Hall–Kier alpha value is -2.83. The number of hydrogen-bond acceptors (Lipinski definition) is 7. The molecule has 10 nitrogen and oxygen atoms in total. The Kier molecular flexibility index (Phi) is 8.29. The fourth-order valence-corrected chi connectivity index (χ4v) is 5.67. The van der Waals surface area contributed by atoms with E-state index in [9.17, 15) is 21.6 Å². The number of anilines is 2. The van der Waals surface area contributed by atoms with Crippen molar-refractivity contribution in [3.8, 4) is 11.5 Å². The number of ether oxygens (including phenoxy) is 2. The van der Waals surface area contributed by atoms with Crippen molar-refractivity contribution in [2.75, 3.05) is 43.1 Å². The first-order valence-corrected chi connectivity index (χ1v) is 14.4. The highest BCUT2D eigenvalue weighted by atomic mass is 32.2. The summed E-state index contributed by atoms with van der Waals surface area (Å²) >= 11 is 0. The van der Waals surface area contributed by atoms with E-state index in [2.05, 4.69) is 5.32 Å². The summed E-state index contributed by atoms with van der Waals surface area (Å²) in [6, 6.07) is 10.6. The zero-order chi connectivity index (χ0) is 25.8. The van der Waals surface area contributed by atoms with E-state index in [1.54, 1.807) is 31.2 Å². The minimum absolute atomic E-state index is 0.0784. The average molecular weight is 526 g/mol. The largest absolute Gasteiger partial charge is 0.495 e. The molecule has 12 heteroatoms. The van der Waals surface area contributed by atoms with E-state index < -0.39 is 32.1 Å². The van der Waals surface area contributed by atoms with Crippen LogP contribution >= 0.6 is 0 Å². The van der Waals surface area contributed by atoms with Gasteiger partial charge in [-0.15, -0.1) is 0 Å². The van der Waals surface area contributed by atoms with Crippen LogP contribution in [-0.4, -0.2) is 66.7 Å². The first kappa shape index (κ1) is 26.8. The predicted octanol–water partition coefficient (Wildman–Crippen LogP) is 2.67. The lowest BCUT2D eigenvalue weighted by Crippen LogP contribution is -2.35. The molecule has 1 saturated heterocycles. The van der Waals surface area contributed by atoms with Crippen molar-refractivity contribution in [1.82, 2.24) is 4.31 Å². The molecule has 3 rings (SSSR count). The highest BCUT2D eigenvalue weighted by molar-refractivity contribution is 7.92. The van der Waals surface area contributed by atoms with Crippen LogP contribution in [0.5, 0.6) is 11.5 Å². The highest BCUT2D eigenvalue weighted by Crippen LogP contribution is 2.30. The molecule has 35 heavy (non-hydrogen) atoms. The number of carbonyl (C=O) groups is 1.